The molecule has 2 heteroatoms. The van der Waals surface area contributed by atoms with Crippen LogP contribution in [0.15, 0.2) is 182 Å². The zero-order valence-electron chi connectivity index (χ0n) is 29.1. The highest BCUT2D eigenvalue weighted by molar-refractivity contribution is 7.28. The van der Waals surface area contributed by atoms with Crippen LogP contribution in [0.5, 0.6) is 0 Å². The van der Waals surface area contributed by atoms with E-state index < -0.39 is 0 Å². The summed E-state index contributed by atoms with van der Waals surface area (Å²) in [6.45, 7) is 0. The van der Waals surface area contributed by atoms with Crippen molar-refractivity contribution in [1.29, 1.82) is 0 Å². The Hall–Kier alpha value is -6.32. The summed E-state index contributed by atoms with van der Waals surface area (Å²) in [6.07, 6.45) is 0. The maximum atomic E-state index is 2.40. The number of hydrogen-bond acceptors (Lipinski definition) is 2. The highest BCUT2D eigenvalue weighted by Gasteiger charge is 2.18. The van der Waals surface area contributed by atoms with Gasteiger partial charge in [-0.3, -0.25) is 0 Å². The second kappa shape index (κ2) is 11.6. The van der Waals surface area contributed by atoms with Crippen molar-refractivity contribution in [2.45, 2.75) is 0 Å². The predicted molar refractivity (Wildman–Crippen MR) is 239 cm³/mol. The fourth-order valence-corrected chi connectivity index (χ4v) is 11.4. The first-order chi connectivity index (χ1) is 26.8. The number of hydrogen-bond donors (Lipinski definition) is 0. The minimum absolute atomic E-state index is 1.23. The summed E-state index contributed by atoms with van der Waals surface area (Å²) in [5.74, 6) is 0. The lowest BCUT2D eigenvalue weighted by Gasteiger charge is -2.19. The molecule has 0 saturated heterocycles. The van der Waals surface area contributed by atoms with E-state index in [9.17, 15) is 0 Å². The molecule has 0 bridgehead atoms. The van der Waals surface area contributed by atoms with Crippen LogP contribution >= 0.6 is 22.7 Å². The molecule has 0 saturated carbocycles. The van der Waals surface area contributed by atoms with Crippen molar-refractivity contribution in [2.75, 3.05) is 0 Å². The Morgan fingerprint density at radius 3 is 1.39 bits per heavy atom. The van der Waals surface area contributed by atoms with Crippen LogP contribution in [0, 0.1) is 0 Å². The molecule has 2 aromatic heterocycles. The number of fused-ring (bicyclic) bond motifs is 12. The number of thiophene rings is 2. The van der Waals surface area contributed by atoms with Gasteiger partial charge >= 0.3 is 0 Å². The van der Waals surface area contributed by atoms with Gasteiger partial charge in [0, 0.05) is 51.1 Å². The minimum atomic E-state index is 1.23. The van der Waals surface area contributed by atoms with E-state index in [4.69, 9.17) is 0 Å². The molecule has 0 nitrogen and oxygen atoms in total. The zero-order valence-corrected chi connectivity index (χ0v) is 30.8. The van der Waals surface area contributed by atoms with E-state index in [1.807, 2.05) is 22.7 Å². The summed E-state index contributed by atoms with van der Waals surface area (Å²) < 4.78 is 5.45. The average molecular weight is 719 g/mol. The largest absolute Gasteiger partial charge is 0.135 e. The molecule has 0 aliphatic heterocycles. The summed E-state index contributed by atoms with van der Waals surface area (Å²) in [5, 5.41) is 15.7. The SMILES string of the molecule is c1ccc2c(-c3c4ccccc4c(-c4ccc(-c5ccc6sc7c(ccc8c7ccc7c9ccccc9sc78)c6c5)cc4)c4ccccc34)cccc2c1. The van der Waals surface area contributed by atoms with Gasteiger partial charge in [-0.05, 0) is 83.9 Å². The Balaban J connectivity index is 0.993. The fraction of sp³-hybridized carbons (Fsp3) is 0. The van der Waals surface area contributed by atoms with Crippen molar-refractivity contribution >= 4 is 106 Å². The third kappa shape index (κ3) is 4.36. The minimum Gasteiger partial charge on any atom is -0.135 e. The van der Waals surface area contributed by atoms with Crippen LogP contribution in [0.2, 0.25) is 0 Å². The lowest BCUT2D eigenvalue weighted by molar-refractivity contribution is 1.64. The average Bonchev–Trinajstić information content (AvgIpc) is 3.81. The van der Waals surface area contributed by atoms with Gasteiger partial charge in [0.25, 0.3) is 0 Å². The molecule has 0 N–H and O–H groups in total. The Morgan fingerprint density at radius 2 is 0.722 bits per heavy atom. The standard InChI is InChI=1S/C52H30S2/c1-2-12-35-32(10-1)11-9-18-37(35)50-40-16-5-3-14-38(40)49(39-15-4-6-17-41(39)50)33-22-20-31(21-23-33)34-24-29-48-46(30-34)45-28-27-43-44(52(45)54-48)26-25-42-36-13-7-8-19-47(36)53-51(42)43/h1-30H. The smallest absolute Gasteiger partial charge is 0.0434 e. The van der Waals surface area contributed by atoms with Crippen LogP contribution in [-0.4, -0.2) is 0 Å². The molecule has 2 heterocycles. The molecular weight excluding hydrogens is 689 g/mol. The van der Waals surface area contributed by atoms with Gasteiger partial charge in [0.2, 0.25) is 0 Å². The summed E-state index contributed by atoms with van der Waals surface area (Å²) in [4.78, 5) is 0. The van der Waals surface area contributed by atoms with E-state index in [-0.39, 0.29) is 0 Å². The van der Waals surface area contributed by atoms with Gasteiger partial charge in [-0.1, -0.05) is 164 Å². The van der Waals surface area contributed by atoms with E-state index in [0.29, 0.717) is 0 Å². The van der Waals surface area contributed by atoms with E-state index in [1.54, 1.807) is 0 Å². The lowest BCUT2D eigenvalue weighted by atomic mass is 9.84. The first-order valence-electron chi connectivity index (χ1n) is 18.5. The van der Waals surface area contributed by atoms with Crippen LogP contribution in [0.4, 0.5) is 0 Å². The monoisotopic (exact) mass is 718 g/mol. The maximum absolute atomic E-state index is 2.40. The van der Waals surface area contributed by atoms with Crippen LogP contribution in [0.25, 0.3) is 117 Å². The van der Waals surface area contributed by atoms with Crippen LogP contribution in [-0.2, 0) is 0 Å². The molecular formula is C52H30S2. The fourth-order valence-electron chi connectivity index (χ4n) is 9.00. The molecule has 0 radical (unpaired) electrons. The van der Waals surface area contributed by atoms with Crippen molar-refractivity contribution in [3.8, 4) is 33.4 Å². The molecule has 54 heavy (non-hydrogen) atoms. The highest BCUT2D eigenvalue weighted by Crippen LogP contribution is 2.47. The van der Waals surface area contributed by atoms with Gasteiger partial charge < -0.3 is 0 Å². The van der Waals surface area contributed by atoms with Gasteiger partial charge in [0.15, 0.2) is 0 Å². The first-order valence-corrected chi connectivity index (χ1v) is 20.1. The Bertz CT molecular complexity index is 3430. The predicted octanol–water partition coefficient (Wildman–Crippen LogP) is 16.0. The van der Waals surface area contributed by atoms with Gasteiger partial charge in [-0.2, -0.15) is 0 Å². The summed E-state index contributed by atoms with van der Waals surface area (Å²) >= 11 is 3.83. The van der Waals surface area contributed by atoms with Crippen molar-refractivity contribution in [1.82, 2.24) is 0 Å². The molecule has 0 fully saturated rings. The third-order valence-corrected chi connectivity index (χ3v) is 13.9. The van der Waals surface area contributed by atoms with Crippen LogP contribution in [0.1, 0.15) is 0 Å². The number of rotatable bonds is 3. The van der Waals surface area contributed by atoms with Crippen LogP contribution in [0.3, 0.4) is 0 Å². The van der Waals surface area contributed by atoms with E-state index in [1.165, 1.54) is 117 Å². The summed E-state index contributed by atoms with van der Waals surface area (Å²) in [6, 6.07) is 67.7. The second-order valence-corrected chi connectivity index (χ2v) is 16.4. The molecule has 250 valence electrons. The molecule has 0 aliphatic carbocycles. The molecule has 0 aliphatic rings. The van der Waals surface area contributed by atoms with Gasteiger partial charge in [0.05, 0.1) is 0 Å². The topological polar surface area (TPSA) is 0 Å². The molecule has 12 aromatic rings. The molecule has 0 unspecified atom stereocenters. The van der Waals surface area contributed by atoms with Crippen molar-refractivity contribution < 1.29 is 0 Å². The van der Waals surface area contributed by atoms with Crippen molar-refractivity contribution in [3.05, 3.63) is 182 Å². The normalized spacial score (nSPS) is 12.1. The summed E-state index contributed by atoms with van der Waals surface area (Å²) in [7, 11) is 0. The van der Waals surface area contributed by atoms with E-state index in [2.05, 4.69) is 182 Å². The third-order valence-electron chi connectivity index (χ3n) is 11.5. The molecule has 0 spiro atoms. The van der Waals surface area contributed by atoms with E-state index in [0.717, 1.165) is 0 Å². The Morgan fingerprint density at radius 1 is 0.259 bits per heavy atom. The zero-order chi connectivity index (χ0) is 35.3. The lowest BCUT2D eigenvalue weighted by Crippen LogP contribution is -1.91. The van der Waals surface area contributed by atoms with Gasteiger partial charge in [-0.25, -0.2) is 0 Å². The van der Waals surface area contributed by atoms with E-state index >= 15 is 0 Å². The van der Waals surface area contributed by atoms with Gasteiger partial charge in [0.1, 0.15) is 0 Å². The summed E-state index contributed by atoms with van der Waals surface area (Å²) in [5.41, 5.74) is 7.58. The Kier molecular flexibility index (Phi) is 6.48. The number of benzene rings is 10. The molecule has 0 atom stereocenters. The highest BCUT2D eigenvalue weighted by atomic mass is 32.1. The van der Waals surface area contributed by atoms with Crippen LogP contribution < -0.4 is 0 Å². The maximum Gasteiger partial charge on any atom is 0.0434 e. The Labute approximate surface area is 319 Å². The van der Waals surface area contributed by atoms with Crippen molar-refractivity contribution in [3.63, 3.8) is 0 Å². The molecule has 12 rings (SSSR count). The molecule has 0 amide bonds. The first kappa shape index (κ1) is 30.2. The van der Waals surface area contributed by atoms with Gasteiger partial charge in [-0.15, -0.1) is 22.7 Å². The quantitative estimate of drug-likeness (QED) is 0.160. The van der Waals surface area contributed by atoms with Crippen molar-refractivity contribution in [2.24, 2.45) is 0 Å². The second-order valence-electron chi connectivity index (χ2n) is 14.3. The molecule has 10 aromatic carbocycles.